The number of fused-ring (bicyclic) bond motifs is 1. The molecule has 0 saturated heterocycles. The van der Waals surface area contributed by atoms with Crippen molar-refractivity contribution in [2.45, 2.75) is 5.75 Å². The maximum Gasteiger partial charge on any atom is 0.265 e. The summed E-state index contributed by atoms with van der Waals surface area (Å²) in [5, 5.41) is 2.39. The lowest BCUT2D eigenvalue weighted by Gasteiger charge is -2.28. The Morgan fingerprint density at radius 2 is 2.10 bits per heavy atom. The highest BCUT2D eigenvalue weighted by atomic mass is 35.5. The highest BCUT2D eigenvalue weighted by Gasteiger charge is 2.25. The van der Waals surface area contributed by atoms with Crippen molar-refractivity contribution >= 4 is 49.7 Å². The Bertz CT molecular complexity index is 1260. The zero-order valence-electron chi connectivity index (χ0n) is 16.2. The Morgan fingerprint density at radius 1 is 1.29 bits per heavy atom. The number of nitrogens with one attached hydrogen (secondary N) is 1. The van der Waals surface area contributed by atoms with Crippen molar-refractivity contribution in [2.75, 3.05) is 22.8 Å². The lowest BCUT2D eigenvalue weighted by atomic mass is 10.1. The smallest absolute Gasteiger partial charge is 0.265 e. The monoisotopic (exact) mass is 475 g/mol. The van der Waals surface area contributed by atoms with E-state index in [1.54, 1.807) is 52.8 Å². The molecule has 10 heteroatoms. The van der Waals surface area contributed by atoms with Gasteiger partial charge in [0.05, 0.1) is 17.1 Å². The molecule has 0 radical (unpaired) electrons. The van der Waals surface area contributed by atoms with Gasteiger partial charge in [-0.25, -0.2) is 13.4 Å². The molecule has 0 bridgehead atoms. The summed E-state index contributed by atoms with van der Waals surface area (Å²) >= 11 is 7.24. The molecule has 2 aromatic carbocycles. The Morgan fingerprint density at radius 3 is 2.87 bits per heavy atom. The van der Waals surface area contributed by atoms with E-state index in [2.05, 4.69) is 16.3 Å². The number of aromatic nitrogens is 1. The number of nitrogens with zero attached hydrogens (tertiary/aromatic N) is 2. The third kappa shape index (κ3) is 4.73. The van der Waals surface area contributed by atoms with E-state index in [1.165, 1.54) is 11.3 Å². The van der Waals surface area contributed by atoms with Crippen LogP contribution in [0.25, 0.3) is 11.3 Å². The fourth-order valence-corrected chi connectivity index (χ4v) is 5.60. The van der Waals surface area contributed by atoms with Gasteiger partial charge >= 0.3 is 0 Å². The molecular weight excluding hydrogens is 458 g/mol. The van der Waals surface area contributed by atoms with Crippen LogP contribution in [0.5, 0.6) is 5.75 Å². The Labute approximate surface area is 189 Å². The van der Waals surface area contributed by atoms with Crippen molar-refractivity contribution in [3.05, 3.63) is 71.1 Å². The van der Waals surface area contributed by atoms with Crippen molar-refractivity contribution in [3.8, 4) is 17.0 Å². The van der Waals surface area contributed by atoms with E-state index in [1.807, 2.05) is 6.07 Å². The van der Waals surface area contributed by atoms with Crippen molar-refractivity contribution in [1.82, 2.24) is 4.98 Å². The minimum atomic E-state index is -3.69. The molecule has 160 valence electrons. The molecule has 1 N–H and O–H groups in total. The fourth-order valence-electron chi connectivity index (χ4n) is 3.13. The number of amides is 1. The first kappa shape index (κ1) is 21.4. The predicted octanol–water partition coefficient (Wildman–Crippen LogP) is 4.32. The zero-order valence-corrected chi connectivity index (χ0v) is 18.6. The Kier molecular flexibility index (Phi) is 5.99. The van der Waals surface area contributed by atoms with Gasteiger partial charge in [0, 0.05) is 22.5 Å². The number of carbonyl (C=O) groups excluding carboxylic acids is 1. The van der Waals surface area contributed by atoms with Gasteiger partial charge in [-0.1, -0.05) is 35.9 Å². The van der Waals surface area contributed by atoms with Crippen LogP contribution in [-0.4, -0.2) is 32.5 Å². The maximum absolute atomic E-state index is 12.5. The van der Waals surface area contributed by atoms with Crippen LogP contribution in [-0.2, 0) is 20.6 Å². The minimum Gasteiger partial charge on any atom is -0.482 e. The second-order valence-corrected chi connectivity index (χ2v) is 9.74. The summed E-state index contributed by atoms with van der Waals surface area (Å²) in [4.78, 5) is 18.2. The van der Waals surface area contributed by atoms with Gasteiger partial charge in [-0.2, -0.15) is 0 Å². The summed E-state index contributed by atoms with van der Waals surface area (Å²) in [5.74, 6) is 0.188. The van der Waals surface area contributed by atoms with Crippen LogP contribution in [0.4, 0.5) is 10.8 Å². The van der Waals surface area contributed by atoms with Crippen LogP contribution >= 0.6 is 22.9 Å². The number of thiazole rings is 1. The summed E-state index contributed by atoms with van der Waals surface area (Å²) in [7, 11) is -3.69. The summed E-state index contributed by atoms with van der Waals surface area (Å²) in [6, 6.07) is 12.2. The molecule has 1 aromatic heterocycles. The highest BCUT2D eigenvalue weighted by Crippen LogP contribution is 2.37. The lowest BCUT2D eigenvalue weighted by Crippen LogP contribution is -2.38. The standard InChI is InChI=1S/C21H18ClN3O4S2/c1-2-9-25-18-10-14(7-8-19(18)29-11-20(25)26)17-12-30-21(23-17)24-31(27,28)13-15-5-3-4-6-16(15)22/h2-8,10,12H,1,9,11,13H2,(H,23,24). The zero-order chi connectivity index (χ0) is 22.0. The molecule has 0 spiro atoms. The molecule has 0 atom stereocenters. The maximum atomic E-state index is 12.5. The third-order valence-corrected chi connectivity index (χ3v) is 7.01. The van der Waals surface area contributed by atoms with E-state index < -0.39 is 10.0 Å². The van der Waals surface area contributed by atoms with Crippen LogP contribution in [0.15, 0.2) is 60.5 Å². The van der Waals surface area contributed by atoms with E-state index in [9.17, 15) is 13.2 Å². The van der Waals surface area contributed by atoms with Gasteiger partial charge in [0.2, 0.25) is 10.0 Å². The molecule has 0 unspecified atom stereocenters. The number of halogens is 1. The summed E-state index contributed by atoms with van der Waals surface area (Å²) in [5.41, 5.74) is 2.45. The second-order valence-electron chi connectivity index (χ2n) is 6.75. The number of anilines is 2. The van der Waals surface area contributed by atoms with Gasteiger partial charge in [0.1, 0.15) is 5.75 Å². The lowest BCUT2D eigenvalue weighted by molar-refractivity contribution is -0.121. The molecule has 4 rings (SSSR count). The molecule has 1 amide bonds. The van der Waals surface area contributed by atoms with E-state index >= 15 is 0 Å². The molecule has 2 heterocycles. The number of carbonyl (C=O) groups is 1. The molecule has 0 aliphatic carbocycles. The van der Waals surface area contributed by atoms with E-state index in [4.69, 9.17) is 16.3 Å². The highest BCUT2D eigenvalue weighted by molar-refractivity contribution is 7.92. The van der Waals surface area contributed by atoms with Gasteiger partial charge in [-0.15, -0.1) is 17.9 Å². The molecule has 31 heavy (non-hydrogen) atoms. The predicted molar refractivity (Wildman–Crippen MR) is 123 cm³/mol. The first-order valence-corrected chi connectivity index (χ1v) is 12.2. The van der Waals surface area contributed by atoms with Gasteiger partial charge < -0.3 is 9.64 Å². The van der Waals surface area contributed by atoms with Crippen molar-refractivity contribution < 1.29 is 17.9 Å². The van der Waals surface area contributed by atoms with Gasteiger partial charge in [0.15, 0.2) is 11.7 Å². The van der Waals surface area contributed by atoms with Crippen molar-refractivity contribution in [3.63, 3.8) is 0 Å². The first-order chi connectivity index (χ1) is 14.9. The van der Waals surface area contributed by atoms with Crippen LogP contribution < -0.4 is 14.4 Å². The van der Waals surface area contributed by atoms with E-state index in [-0.39, 0.29) is 23.4 Å². The molecule has 7 nitrogen and oxygen atoms in total. The quantitative estimate of drug-likeness (QED) is 0.514. The van der Waals surface area contributed by atoms with Crippen LogP contribution in [0.2, 0.25) is 5.02 Å². The first-order valence-electron chi connectivity index (χ1n) is 9.24. The van der Waals surface area contributed by atoms with E-state index in [0.717, 1.165) is 5.56 Å². The molecule has 1 aliphatic rings. The SMILES string of the molecule is C=CCN1C(=O)COc2ccc(-c3csc(NS(=O)(=O)Cc4ccccc4Cl)n3)cc21. The third-order valence-electron chi connectivity index (χ3n) is 4.56. The minimum absolute atomic E-state index is 0.0196. The van der Waals surface area contributed by atoms with Crippen LogP contribution in [0.1, 0.15) is 5.56 Å². The summed E-state index contributed by atoms with van der Waals surface area (Å²) in [6.07, 6.45) is 1.65. The molecular formula is C21H18ClN3O4S2. The van der Waals surface area contributed by atoms with Gasteiger partial charge in [-0.05, 0) is 29.8 Å². The largest absolute Gasteiger partial charge is 0.482 e. The summed E-state index contributed by atoms with van der Waals surface area (Å²) in [6.45, 7) is 4.04. The van der Waals surface area contributed by atoms with Crippen molar-refractivity contribution in [2.24, 2.45) is 0 Å². The fraction of sp³-hybridized carbons (Fsp3) is 0.143. The number of ether oxygens (including phenoxy) is 1. The average molecular weight is 476 g/mol. The number of hydrogen-bond donors (Lipinski definition) is 1. The number of rotatable bonds is 7. The van der Waals surface area contributed by atoms with Gasteiger partial charge in [-0.3, -0.25) is 9.52 Å². The van der Waals surface area contributed by atoms with Crippen LogP contribution in [0.3, 0.4) is 0 Å². The molecule has 0 fully saturated rings. The molecule has 3 aromatic rings. The van der Waals surface area contributed by atoms with Crippen LogP contribution in [0, 0.1) is 0 Å². The van der Waals surface area contributed by atoms with Crippen molar-refractivity contribution in [1.29, 1.82) is 0 Å². The van der Waals surface area contributed by atoms with E-state index in [0.29, 0.717) is 34.3 Å². The topological polar surface area (TPSA) is 88.6 Å². The Balaban J connectivity index is 1.56. The normalized spacial score (nSPS) is 13.5. The molecule has 0 saturated carbocycles. The number of benzene rings is 2. The Hall–Kier alpha value is -2.88. The second kappa shape index (κ2) is 8.70. The average Bonchev–Trinajstić information content (AvgIpc) is 3.19. The number of sulfonamides is 1. The molecule has 1 aliphatic heterocycles. The van der Waals surface area contributed by atoms with Gasteiger partial charge in [0.25, 0.3) is 5.91 Å². The summed E-state index contributed by atoms with van der Waals surface area (Å²) < 4.78 is 33.1. The number of hydrogen-bond acceptors (Lipinski definition) is 6.